The van der Waals surface area contributed by atoms with Crippen molar-refractivity contribution in [1.82, 2.24) is 15.3 Å². The van der Waals surface area contributed by atoms with Gasteiger partial charge in [0.1, 0.15) is 18.2 Å². The van der Waals surface area contributed by atoms with Crippen molar-refractivity contribution in [1.29, 1.82) is 0 Å². The Bertz CT molecular complexity index is 669. The lowest BCUT2D eigenvalue weighted by molar-refractivity contribution is 0.339. The molecule has 0 fully saturated rings. The molecular weight excluding hydrogens is 250 g/mol. The van der Waals surface area contributed by atoms with Gasteiger partial charge in [0.05, 0.1) is 11.6 Å². The summed E-state index contributed by atoms with van der Waals surface area (Å²) in [4.78, 5) is 9.60. The van der Waals surface area contributed by atoms with E-state index in [1.165, 1.54) is 16.8 Å². The highest BCUT2D eigenvalue weighted by atomic mass is 16.5. The highest BCUT2D eigenvalue weighted by molar-refractivity contribution is 5.43. The van der Waals surface area contributed by atoms with Gasteiger partial charge in [0, 0.05) is 29.9 Å². The van der Waals surface area contributed by atoms with Crippen molar-refractivity contribution in [2.24, 2.45) is 0 Å². The predicted molar refractivity (Wildman–Crippen MR) is 75.7 cm³/mol. The third-order valence-corrected chi connectivity index (χ3v) is 4.14. The van der Waals surface area contributed by atoms with Crippen LogP contribution in [0, 0.1) is 0 Å². The van der Waals surface area contributed by atoms with Gasteiger partial charge in [0.2, 0.25) is 0 Å². The largest absolute Gasteiger partial charge is 0.492 e. The average Bonchev–Trinajstić information content (AvgIpc) is 3.12. The second-order valence-corrected chi connectivity index (χ2v) is 5.31. The molecule has 1 unspecified atom stereocenters. The molecular formula is C16H17N3O. The van der Waals surface area contributed by atoms with Gasteiger partial charge in [-0.3, -0.25) is 0 Å². The molecule has 2 aliphatic rings. The van der Waals surface area contributed by atoms with E-state index in [-0.39, 0.29) is 5.92 Å². The Balaban J connectivity index is 1.81. The van der Waals surface area contributed by atoms with E-state index in [9.17, 15) is 0 Å². The summed E-state index contributed by atoms with van der Waals surface area (Å²) < 4.78 is 5.76. The quantitative estimate of drug-likeness (QED) is 0.906. The van der Waals surface area contributed by atoms with Crippen molar-refractivity contribution in [3.63, 3.8) is 0 Å². The average molecular weight is 267 g/mol. The van der Waals surface area contributed by atoms with Crippen LogP contribution in [0.25, 0.3) is 0 Å². The fourth-order valence-electron chi connectivity index (χ4n) is 3.08. The highest BCUT2D eigenvalue weighted by Crippen LogP contribution is 2.37. The molecule has 0 saturated carbocycles. The Hall–Kier alpha value is -1.94. The van der Waals surface area contributed by atoms with Crippen LogP contribution in [0.4, 0.5) is 0 Å². The molecule has 1 aromatic heterocycles. The third kappa shape index (κ3) is 1.72. The molecule has 4 rings (SSSR count). The van der Waals surface area contributed by atoms with Crippen LogP contribution < -0.4 is 10.1 Å². The molecule has 2 aromatic rings. The molecule has 1 aromatic carbocycles. The van der Waals surface area contributed by atoms with Gasteiger partial charge in [0.25, 0.3) is 0 Å². The number of ether oxygens (including phenoxy) is 1. The first-order valence-electron chi connectivity index (χ1n) is 7.18. The maximum absolute atomic E-state index is 5.76. The second kappa shape index (κ2) is 4.56. The molecule has 0 spiro atoms. The fraction of sp³-hybridized carbons (Fsp3) is 0.375. The Morgan fingerprint density at radius 1 is 1.25 bits per heavy atom. The van der Waals surface area contributed by atoms with Crippen molar-refractivity contribution in [3.05, 3.63) is 52.6 Å². The number of aryl methyl sites for hydroxylation is 1. The predicted octanol–water partition coefficient (Wildman–Crippen LogP) is 2.17. The summed E-state index contributed by atoms with van der Waals surface area (Å²) in [5.41, 5.74) is 4.85. The zero-order valence-electron chi connectivity index (χ0n) is 11.5. The minimum absolute atomic E-state index is 0.169. The summed E-state index contributed by atoms with van der Waals surface area (Å²) in [5, 5.41) is 3.37. The number of aromatic nitrogens is 2. The van der Waals surface area contributed by atoms with Gasteiger partial charge in [-0.1, -0.05) is 25.1 Å². The normalized spacial score (nSPS) is 19.6. The molecule has 0 amide bonds. The number of para-hydroxylation sites is 1. The van der Waals surface area contributed by atoms with Crippen LogP contribution in [-0.4, -0.2) is 16.6 Å². The molecule has 3 heterocycles. The lowest BCUT2D eigenvalue weighted by Gasteiger charge is -2.12. The first kappa shape index (κ1) is 11.9. The topological polar surface area (TPSA) is 47.0 Å². The number of hydrogen-bond donors (Lipinski definition) is 1. The molecule has 20 heavy (non-hydrogen) atoms. The van der Waals surface area contributed by atoms with Crippen LogP contribution in [0.2, 0.25) is 0 Å². The Kier molecular flexibility index (Phi) is 2.70. The Morgan fingerprint density at radius 2 is 2.15 bits per heavy atom. The SMILES string of the molecule is CCc1nc(C2COc3ccccc32)nc2c1CNC2. The highest BCUT2D eigenvalue weighted by Gasteiger charge is 2.29. The van der Waals surface area contributed by atoms with Crippen LogP contribution >= 0.6 is 0 Å². The zero-order chi connectivity index (χ0) is 13.5. The fourth-order valence-corrected chi connectivity index (χ4v) is 3.08. The van der Waals surface area contributed by atoms with Crippen LogP contribution in [0.5, 0.6) is 5.75 Å². The molecule has 0 bridgehead atoms. The van der Waals surface area contributed by atoms with E-state index < -0.39 is 0 Å². The van der Waals surface area contributed by atoms with Crippen molar-refractivity contribution >= 4 is 0 Å². The van der Waals surface area contributed by atoms with Crippen molar-refractivity contribution in [2.75, 3.05) is 6.61 Å². The number of benzene rings is 1. The Morgan fingerprint density at radius 3 is 3.05 bits per heavy atom. The van der Waals surface area contributed by atoms with Crippen LogP contribution in [-0.2, 0) is 19.5 Å². The molecule has 1 atom stereocenters. The molecule has 102 valence electrons. The molecule has 0 aliphatic carbocycles. The lowest BCUT2D eigenvalue weighted by atomic mass is 9.99. The van der Waals surface area contributed by atoms with Gasteiger partial charge in [0.15, 0.2) is 0 Å². The first-order chi connectivity index (χ1) is 9.86. The number of fused-ring (bicyclic) bond motifs is 2. The minimum atomic E-state index is 0.169. The van der Waals surface area contributed by atoms with E-state index in [0.717, 1.165) is 36.8 Å². The smallest absolute Gasteiger partial charge is 0.139 e. The molecule has 0 saturated heterocycles. The van der Waals surface area contributed by atoms with Gasteiger partial charge < -0.3 is 10.1 Å². The molecule has 4 nitrogen and oxygen atoms in total. The summed E-state index contributed by atoms with van der Waals surface area (Å²) in [5.74, 6) is 2.05. The minimum Gasteiger partial charge on any atom is -0.492 e. The number of nitrogens with zero attached hydrogens (tertiary/aromatic N) is 2. The summed E-state index contributed by atoms with van der Waals surface area (Å²) >= 11 is 0. The number of hydrogen-bond acceptors (Lipinski definition) is 4. The number of nitrogens with one attached hydrogen (secondary N) is 1. The van der Waals surface area contributed by atoms with E-state index in [2.05, 4.69) is 24.4 Å². The van der Waals surface area contributed by atoms with Gasteiger partial charge in [-0.25, -0.2) is 9.97 Å². The molecule has 0 radical (unpaired) electrons. The van der Waals surface area contributed by atoms with E-state index in [1.54, 1.807) is 0 Å². The number of rotatable bonds is 2. The third-order valence-electron chi connectivity index (χ3n) is 4.14. The summed E-state index contributed by atoms with van der Waals surface area (Å²) in [6.45, 7) is 4.56. The molecule has 1 N–H and O–H groups in total. The zero-order valence-corrected chi connectivity index (χ0v) is 11.5. The lowest BCUT2D eigenvalue weighted by Crippen LogP contribution is -2.12. The Labute approximate surface area is 118 Å². The van der Waals surface area contributed by atoms with Crippen molar-refractivity contribution in [2.45, 2.75) is 32.4 Å². The van der Waals surface area contributed by atoms with Crippen LogP contribution in [0.1, 0.15) is 41.2 Å². The van der Waals surface area contributed by atoms with E-state index >= 15 is 0 Å². The summed E-state index contributed by atoms with van der Waals surface area (Å²) in [6.07, 6.45) is 0.953. The van der Waals surface area contributed by atoms with E-state index in [0.29, 0.717) is 6.61 Å². The molecule has 2 aliphatic heterocycles. The van der Waals surface area contributed by atoms with E-state index in [4.69, 9.17) is 14.7 Å². The van der Waals surface area contributed by atoms with Gasteiger partial charge >= 0.3 is 0 Å². The van der Waals surface area contributed by atoms with E-state index in [1.807, 2.05) is 12.1 Å². The van der Waals surface area contributed by atoms with Crippen molar-refractivity contribution < 1.29 is 4.74 Å². The summed E-state index contributed by atoms with van der Waals surface area (Å²) in [6, 6.07) is 8.20. The second-order valence-electron chi connectivity index (χ2n) is 5.31. The maximum atomic E-state index is 5.76. The maximum Gasteiger partial charge on any atom is 0.139 e. The van der Waals surface area contributed by atoms with Gasteiger partial charge in [-0.15, -0.1) is 0 Å². The standard InChI is InChI=1S/C16H17N3O/c1-2-13-11-7-17-8-14(11)19-16(18-13)12-9-20-15-6-4-3-5-10(12)15/h3-6,12,17H,2,7-9H2,1H3. The first-order valence-corrected chi connectivity index (χ1v) is 7.18. The van der Waals surface area contributed by atoms with Crippen molar-refractivity contribution in [3.8, 4) is 5.75 Å². The summed E-state index contributed by atoms with van der Waals surface area (Å²) in [7, 11) is 0. The van der Waals surface area contributed by atoms with Gasteiger partial charge in [-0.2, -0.15) is 0 Å². The van der Waals surface area contributed by atoms with Crippen LogP contribution in [0.15, 0.2) is 24.3 Å². The molecule has 4 heteroatoms. The monoisotopic (exact) mass is 267 g/mol. The van der Waals surface area contributed by atoms with Gasteiger partial charge in [-0.05, 0) is 12.5 Å². The van der Waals surface area contributed by atoms with Crippen LogP contribution in [0.3, 0.4) is 0 Å².